The fourth-order valence-corrected chi connectivity index (χ4v) is 3.13. The lowest BCUT2D eigenvalue weighted by Crippen LogP contribution is -2.29. The molecule has 2 atom stereocenters. The number of rotatable bonds is 4. The number of hydrogen-bond donors (Lipinski definition) is 3. The van der Waals surface area contributed by atoms with Crippen molar-refractivity contribution < 1.29 is 9.53 Å². The van der Waals surface area contributed by atoms with Gasteiger partial charge < -0.3 is 20.8 Å². The van der Waals surface area contributed by atoms with Crippen molar-refractivity contribution >= 4 is 22.6 Å². The average Bonchev–Trinajstić information content (AvgIpc) is 3.28. The SMILES string of the molecule is NC[C@H]1CC[C@@H](C(=O)Nc2cccc(-c3nc4ccccc4[nH]3)c2)O1. The standard InChI is InChI=1S/C19H20N4O2/c20-11-14-8-9-17(25-14)19(24)21-13-5-3-4-12(10-13)18-22-15-6-1-2-7-16(15)23-18/h1-7,10,14,17H,8-9,11,20H2,(H,21,24)(H,22,23)/t14-,17+/m1/s1. The van der Waals surface area contributed by atoms with Crippen molar-refractivity contribution in [1.82, 2.24) is 9.97 Å². The quantitative estimate of drug-likeness (QED) is 0.683. The molecule has 1 aromatic heterocycles. The Morgan fingerprint density at radius 2 is 2.12 bits per heavy atom. The number of carbonyl (C=O) groups excluding carboxylic acids is 1. The van der Waals surface area contributed by atoms with Gasteiger partial charge in [0.2, 0.25) is 0 Å². The Labute approximate surface area is 145 Å². The van der Waals surface area contributed by atoms with Crippen LogP contribution in [0.25, 0.3) is 22.4 Å². The first kappa shape index (κ1) is 15.8. The van der Waals surface area contributed by atoms with E-state index in [0.717, 1.165) is 34.5 Å². The molecule has 0 spiro atoms. The summed E-state index contributed by atoms with van der Waals surface area (Å²) in [5.41, 5.74) is 9.14. The molecule has 0 saturated carbocycles. The molecule has 4 rings (SSSR count). The minimum absolute atomic E-state index is 0.0161. The van der Waals surface area contributed by atoms with E-state index in [1.165, 1.54) is 0 Å². The monoisotopic (exact) mass is 336 g/mol. The van der Waals surface area contributed by atoms with Crippen molar-refractivity contribution in [1.29, 1.82) is 0 Å². The van der Waals surface area contributed by atoms with Crippen LogP contribution in [0, 0.1) is 0 Å². The minimum Gasteiger partial charge on any atom is -0.364 e. The van der Waals surface area contributed by atoms with Crippen molar-refractivity contribution in [2.24, 2.45) is 5.73 Å². The third kappa shape index (κ3) is 3.26. The zero-order chi connectivity index (χ0) is 17.2. The Kier molecular flexibility index (Phi) is 4.21. The molecule has 3 aromatic rings. The molecule has 0 aliphatic carbocycles. The maximum atomic E-state index is 12.4. The number of nitrogens with one attached hydrogen (secondary N) is 2. The lowest BCUT2D eigenvalue weighted by atomic mass is 10.1. The maximum absolute atomic E-state index is 12.4. The zero-order valence-corrected chi connectivity index (χ0v) is 13.7. The number of anilines is 1. The van der Waals surface area contributed by atoms with Crippen LogP contribution in [0.4, 0.5) is 5.69 Å². The highest BCUT2D eigenvalue weighted by molar-refractivity contribution is 5.95. The number of nitrogens with two attached hydrogens (primary N) is 1. The number of carbonyl (C=O) groups is 1. The van der Waals surface area contributed by atoms with Crippen molar-refractivity contribution in [3.8, 4) is 11.4 Å². The summed E-state index contributed by atoms with van der Waals surface area (Å²) in [4.78, 5) is 20.3. The van der Waals surface area contributed by atoms with Gasteiger partial charge in [-0.2, -0.15) is 0 Å². The van der Waals surface area contributed by atoms with E-state index in [1.54, 1.807) is 0 Å². The highest BCUT2D eigenvalue weighted by Crippen LogP contribution is 2.24. The zero-order valence-electron chi connectivity index (χ0n) is 13.7. The van der Waals surface area contributed by atoms with Gasteiger partial charge in [-0.1, -0.05) is 24.3 Å². The van der Waals surface area contributed by atoms with E-state index in [0.29, 0.717) is 13.0 Å². The molecule has 25 heavy (non-hydrogen) atoms. The number of ether oxygens (including phenoxy) is 1. The van der Waals surface area contributed by atoms with E-state index < -0.39 is 6.10 Å². The van der Waals surface area contributed by atoms with Crippen LogP contribution in [0.3, 0.4) is 0 Å². The van der Waals surface area contributed by atoms with Gasteiger partial charge in [0.15, 0.2) is 0 Å². The molecular formula is C19H20N4O2. The predicted octanol–water partition coefficient (Wildman–Crippen LogP) is 2.67. The van der Waals surface area contributed by atoms with Gasteiger partial charge in [0.05, 0.1) is 17.1 Å². The number of fused-ring (bicyclic) bond motifs is 1. The number of para-hydroxylation sites is 2. The smallest absolute Gasteiger partial charge is 0.253 e. The molecule has 1 amide bonds. The van der Waals surface area contributed by atoms with Gasteiger partial charge in [-0.05, 0) is 37.1 Å². The van der Waals surface area contributed by atoms with Gasteiger partial charge in [0.1, 0.15) is 11.9 Å². The number of aromatic amines is 1. The molecular weight excluding hydrogens is 316 g/mol. The first-order chi connectivity index (χ1) is 12.2. The molecule has 2 aromatic carbocycles. The largest absolute Gasteiger partial charge is 0.364 e. The number of H-pyrrole nitrogens is 1. The highest BCUT2D eigenvalue weighted by Gasteiger charge is 2.29. The molecule has 4 N–H and O–H groups in total. The Morgan fingerprint density at radius 1 is 1.24 bits per heavy atom. The topological polar surface area (TPSA) is 93.0 Å². The number of nitrogens with zero attached hydrogens (tertiary/aromatic N) is 1. The fraction of sp³-hybridized carbons (Fsp3) is 0.263. The van der Waals surface area contributed by atoms with Crippen molar-refractivity contribution in [3.63, 3.8) is 0 Å². The van der Waals surface area contributed by atoms with E-state index >= 15 is 0 Å². The lowest BCUT2D eigenvalue weighted by Gasteiger charge is -2.13. The van der Waals surface area contributed by atoms with Crippen LogP contribution in [-0.2, 0) is 9.53 Å². The van der Waals surface area contributed by atoms with Gasteiger partial charge in [-0.15, -0.1) is 0 Å². The van der Waals surface area contributed by atoms with Gasteiger partial charge in [-0.25, -0.2) is 4.98 Å². The maximum Gasteiger partial charge on any atom is 0.253 e. The van der Waals surface area contributed by atoms with E-state index in [9.17, 15) is 4.79 Å². The van der Waals surface area contributed by atoms with E-state index in [-0.39, 0.29) is 12.0 Å². The number of aromatic nitrogens is 2. The molecule has 1 fully saturated rings. The van der Waals surface area contributed by atoms with Crippen LogP contribution in [0.5, 0.6) is 0 Å². The first-order valence-electron chi connectivity index (χ1n) is 8.44. The molecule has 6 nitrogen and oxygen atoms in total. The third-order valence-electron chi connectivity index (χ3n) is 4.46. The second kappa shape index (κ2) is 6.66. The van der Waals surface area contributed by atoms with Crippen molar-refractivity contribution in [2.75, 3.05) is 11.9 Å². The summed E-state index contributed by atoms with van der Waals surface area (Å²) < 4.78 is 5.64. The summed E-state index contributed by atoms with van der Waals surface area (Å²) in [6.07, 6.45) is 1.09. The Bertz CT molecular complexity index is 872. The number of amides is 1. The first-order valence-corrected chi connectivity index (χ1v) is 8.44. The fourth-order valence-electron chi connectivity index (χ4n) is 3.13. The van der Waals surface area contributed by atoms with Crippen LogP contribution in [0.15, 0.2) is 48.5 Å². The van der Waals surface area contributed by atoms with Crippen LogP contribution >= 0.6 is 0 Å². The van der Waals surface area contributed by atoms with Gasteiger partial charge in [0, 0.05) is 17.8 Å². The van der Waals surface area contributed by atoms with Gasteiger partial charge >= 0.3 is 0 Å². The van der Waals surface area contributed by atoms with Crippen LogP contribution in [0.2, 0.25) is 0 Å². The Hall–Kier alpha value is -2.70. The summed E-state index contributed by atoms with van der Waals surface area (Å²) in [5, 5.41) is 2.93. The molecule has 1 aliphatic rings. The van der Waals surface area contributed by atoms with Gasteiger partial charge in [-0.3, -0.25) is 4.79 Å². The number of benzene rings is 2. The van der Waals surface area contributed by atoms with Crippen LogP contribution in [0.1, 0.15) is 12.8 Å². The number of imidazole rings is 1. The summed E-state index contributed by atoms with van der Waals surface area (Å²) in [6.45, 7) is 0.450. The summed E-state index contributed by atoms with van der Waals surface area (Å²) >= 11 is 0. The molecule has 0 unspecified atom stereocenters. The predicted molar refractivity (Wildman–Crippen MR) is 97.1 cm³/mol. The number of hydrogen-bond acceptors (Lipinski definition) is 4. The lowest BCUT2D eigenvalue weighted by molar-refractivity contribution is -0.126. The molecule has 0 bridgehead atoms. The minimum atomic E-state index is -0.427. The normalized spacial score (nSPS) is 20.0. The van der Waals surface area contributed by atoms with Crippen molar-refractivity contribution in [3.05, 3.63) is 48.5 Å². The Balaban J connectivity index is 1.52. The molecule has 6 heteroatoms. The summed E-state index contributed by atoms with van der Waals surface area (Å²) in [6, 6.07) is 15.5. The van der Waals surface area contributed by atoms with E-state index in [4.69, 9.17) is 10.5 Å². The van der Waals surface area contributed by atoms with E-state index in [1.807, 2.05) is 48.5 Å². The van der Waals surface area contributed by atoms with E-state index in [2.05, 4.69) is 15.3 Å². The van der Waals surface area contributed by atoms with Gasteiger partial charge in [0.25, 0.3) is 5.91 Å². The molecule has 1 saturated heterocycles. The molecule has 2 heterocycles. The Morgan fingerprint density at radius 3 is 2.92 bits per heavy atom. The van der Waals surface area contributed by atoms with Crippen molar-refractivity contribution in [2.45, 2.75) is 25.0 Å². The second-order valence-electron chi connectivity index (χ2n) is 6.23. The molecule has 1 aliphatic heterocycles. The highest BCUT2D eigenvalue weighted by atomic mass is 16.5. The average molecular weight is 336 g/mol. The molecule has 128 valence electrons. The third-order valence-corrected chi connectivity index (χ3v) is 4.46. The van der Waals surface area contributed by atoms with Crippen LogP contribution in [-0.4, -0.2) is 34.6 Å². The summed E-state index contributed by atoms with van der Waals surface area (Å²) in [7, 11) is 0. The summed E-state index contributed by atoms with van der Waals surface area (Å²) in [5.74, 6) is 0.648. The molecule has 0 radical (unpaired) electrons. The van der Waals surface area contributed by atoms with Crippen LogP contribution < -0.4 is 11.1 Å². The second-order valence-corrected chi connectivity index (χ2v) is 6.23.